The van der Waals surface area contributed by atoms with Gasteiger partial charge < -0.3 is 28.8 Å². The van der Waals surface area contributed by atoms with Gasteiger partial charge in [-0.1, -0.05) is 11.6 Å². The Morgan fingerprint density at radius 2 is 1.68 bits per heavy atom. The summed E-state index contributed by atoms with van der Waals surface area (Å²) in [4.78, 5) is 0. The highest BCUT2D eigenvalue weighted by Crippen LogP contribution is 2.39. The average Bonchev–Trinajstić information content (AvgIpc) is 2.52. The standard InChI is InChI=1S/C16H28O6/c1-10-7-6-8-16(17,9-10)14-12(19-3)11(18-2)13(20-4)15(21-5)22-14/h7,11-15,17H,6,8-9H2,1-5H3/t11-,12-,13+,14-,15-,16?/m0/s1. The fourth-order valence-corrected chi connectivity index (χ4v) is 3.66. The van der Waals surface area contributed by atoms with Gasteiger partial charge in [0.15, 0.2) is 6.29 Å². The first kappa shape index (κ1) is 17.8. The molecule has 6 heteroatoms. The SMILES string of the molecule is CO[C@H]1O[C@H](C2(O)CCC=C(C)C2)[C@@H](OC)[C@H](OC)[C@H]1OC. The van der Waals surface area contributed by atoms with Gasteiger partial charge in [0.25, 0.3) is 0 Å². The topological polar surface area (TPSA) is 66.4 Å². The predicted octanol–water partition coefficient (Wildman–Crippen LogP) is 1.26. The molecule has 128 valence electrons. The second-order valence-electron chi connectivity index (χ2n) is 6.13. The molecule has 0 bridgehead atoms. The Morgan fingerprint density at radius 3 is 2.18 bits per heavy atom. The van der Waals surface area contributed by atoms with Gasteiger partial charge in [0, 0.05) is 28.4 Å². The maximum Gasteiger partial charge on any atom is 0.186 e. The van der Waals surface area contributed by atoms with E-state index in [2.05, 4.69) is 6.08 Å². The van der Waals surface area contributed by atoms with E-state index >= 15 is 0 Å². The third kappa shape index (κ3) is 3.22. The van der Waals surface area contributed by atoms with Crippen molar-refractivity contribution in [1.82, 2.24) is 0 Å². The molecule has 1 fully saturated rings. The fourth-order valence-electron chi connectivity index (χ4n) is 3.66. The van der Waals surface area contributed by atoms with Crippen LogP contribution >= 0.6 is 0 Å². The summed E-state index contributed by atoms with van der Waals surface area (Å²) in [6.07, 6.45) is 1.78. The van der Waals surface area contributed by atoms with Gasteiger partial charge >= 0.3 is 0 Å². The summed E-state index contributed by atoms with van der Waals surface area (Å²) >= 11 is 0. The van der Waals surface area contributed by atoms with Gasteiger partial charge in [0.1, 0.15) is 24.4 Å². The maximum atomic E-state index is 11.2. The first-order valence-corrected chi connectivity index (χ1v) is 7.65. The molecule has 0 saturated carbocycles. The zero-order chi connectivity index (χ0) is 16.3. The van der Waals surface area contributed by atoms with Crippen molar-refractivity contribution in [3.8, 4) is 0 Å². The van der Waals surface area contributed by atoms with Crippen LogP contribution in [-0.2, 0) is 23.7 Å². The van der Waals surface area contributed by atoms with Gasteiger partial charge in [-0.3, -0.25) is 0 Å². The molecule has 2 aliphatic rings. The molecule has 0 aromatic carbocycles. The summed E-state index contributed by atoms with van der Waals surface area (Å²) in [5.41, 5.74) is 0.162. The third-order valence-corrected chi connectivity index (χ3v) is 4.73. The second kappa shape index (κ2) is 7.38. The number of ether oxygens (including phenoxy) is 5. The van der Waals surface area contributed by atoms with Crippen LogP contribution < -0.4 is 0 Å². The molecular formula is C16H28O6. The molecule has 0 aromatic heterocycles. The van der Waals surface area contributed by atoms with Crippen molar-refractivity contribution in [2.75, 3.05) is 28.4 Å². The van der Waals surface area contributed by atoms with Crippen LogP contribution in [0.1, 0.15) is 26.2 Å². The molecule has 6 atom stereocenters. The zero-order valence-electron chi connectivity index (χ0n) is 14.1. The largest absolute Gasteiger partial charge is 0.387 e. The van der Waals surface area contributed by atoms with Crippen molar-refractivity contribution in [3.05, 3.63) is 11.6 Å². The lowest BCUT2D eigenvalue weighted by atomic mass is 9.76. The van der Waals surface area contributed by atoms with E-state index in [1.165, 1.54) is 0 Å². The third-order valence-electron chi connectivity index (χ3n) is 4.73. The molecular weight excluding hydrogens is 288 g/mol. The van der Waals surface area contributed by atoms with Crippen LogP contribution in [0.15, 0.2) is 11.6 Å². The number of hydrogen-bond acceptors (Lipinski definition) is 6. The Hall–Kier alpha value is -0.500. The molecule has 1 aliphatic carbocycles. The molecule has 2 rings (SSSR count). The first-order valence-electron chi connectivity index (χ1n) is 7.65. The Labute approximate surface area is 132 Å². The summed E-state index contributed by atoms with van der Waals surface area (Å²) in [6, 6.07) is 0. The number of aliphatic hydroxyl groups is 1. The van der Waals surface area contributed by atoms with Crippen molar-refractivity contribution < 1.29 is 28.8 Å². The van der Waals surface area contributed by atoms with Crippen molar-refractivity contribution >= 4 is 0 Å². The van der Waals surface area contributed by atoms with Gasteiger partial charge in [-0.05, 0) is 26.2 Å². The monoisotopic (exact) mass is 316 g/mol. The number of allylic oxidation sites excluding steroid dienone is 1. The van der Waals surface area contributed by atoms with Gasteiger partial charge in [0.05, 0.1) is 5.60 Å². The molecule has 0 spiro atoms. The average molecular weight is 316 g/mol. The van der Waals surface area contributed by atoms with Gasteiger partial charge in [-0.15, -0.1) is 0 Å². The first-order chi connectivity index (χ1) is 10.5. The van der Waals surface area contributed by atoms with Crippen molar-refractivity contribution in [2.24, 2.45) is 0 Å². The van der Waals surface area contributed by atoms with E-state index in [9.17, 15) is 5.11 Å². The molecule has 1 saturated heterocycles. The van der Waals surface area contributed by atoms with Gasteiger partial charge in [-0.25, -0.2) is 0 Å². The van der Waals surface area contributed by atoms with Gasteiger partial charge in [-0.2, -0.15) is 0 Å². The lowest BCUT2D eigenvalue weighted by Crippen LogP contribution is -2.66. The van der Waals surface area contributed by atoms with E-state index in [1.807, 2.05) is 6.92 Å². The van der Waals surface area contributed by atoms with Crippen LogP contribution in [-0.4, -0.2) is 69.9 Å². The summed E-state index contributed by atoms with van der Waals surface area (Å²) in [5.74, 6) is 0. The van der Waals surface area contributed by atoms with Crippen LogP contribution in [0.25, 0.3) is 0 Å². The van der Waals surface area contributed by atoms with Crippen molar-refractivity contribution in [2.45, 2.75) is 62.5 Å². The summed E-state index contributed by atoms with van der Waals surface area (Å²) in [6.45, 7) is 2.02. The lowest BCUT2D eigenvalue weighted by molar-refractivity contribution is -0.329. The quantitative estimate of drug-likeness (QED) is 0.771. The van der Waals surface area contributed by atoms with E-state index < -0.39 is 30.2 Å². The normalized spacial score (nSPS) is 43.0. The highest BCUT2D eigenvalue weighted by atomic mass is 16.7. The number of hydrogen-bond donors (Lipinski definition) is 1. The smallest absolute Gasteiger partial charge is 0.186 e. The van der Waals surface area contributed by atoms with Crippen molar-refractivity contribution in [3.63, 3.8) is 0 Å². The highest BCUT2D eigenvalue weighted by molar-refractivity contribution is 5.14. The van der Waals surface area contributed by atoms with E-state index in [0.717, 1.165) is 12.0 Å². The Morgan fingerprint density at radius 1 is 1.05 bits per heavy atom. The maximum absolute atomic E-state index is 11.2. The Kier molecular flexibility index (Phi) is 5.99. The van der Waals surface area contributed by atoms with E-state index in [0.29, 0.717) is 12.8 Å². The molecule has 0 amide bonds. The van der Waals surface area contributed by atoms with Crippen LogP contribution in [0.4, 0.5) is 0 Å². The summed E-state index contributed by atoms with van der Waals surface area (Å²) < 4.78 is 28.1. The summed E-state index contributed by atoms with van der Waals surface area (Å²) in [7, 11) is 6.35. The van der Waals surface area contributed by atoms with E-state index in [-0.39, 0.29) is 6.10 Å². The van der Waals surface area contributed by atoms with E-state index in [4.69, 9.17) is 23.7 Å². The lowest BCUT2D eigenvalue weighted by Gasteiger charge is -2.50. The minimum atomic E-state index is -0.994. The Bertz CT molecular complexity index is 398. The molecule has 0 aromatic rings. The molecule has 22 heavy (non-hydrogen) atoms. The molecule has 1 N–H and O–H groups in total. The van der Waals surface area contributed by atoms with Crippen LogP contribution in [0.5, 0.6) is 0 Å². The predicted molar refractivity (Wildman–Crippen MR) is 80.6 cm³/mol. The minimum Gasteiger partial charge on any atom is -0.387 e. The molecule has 0 radical (unpaired) electrons. The second-order valence-corrected chi connectivity index (χ2v) is 6.13. The zero-order valence-corrected chi connectivity index (χ0v) is 14.1. The van der Waals surface area contributed by atoms with E-state index in [1.54, 1.807) is 28.4 Å². The van der Waals surface area contributed by atoms with Crippen molar-refractivity contribution in [1.29, 1.82) is 0 Å². The summed E-state index contributed by atoms with van der Waals surface area (Å²) in [5, 5.41) is 11.2. The molecule has 1 unspecified atom stereocenters. The number of methoxy groups -OCH3 is 4. The minimum absolute atomic E-state index is 0.381. The molecule has 1 aliphatic heterocycles. The van der Waals surface area contributed by atoms with Crippen LogP contribution in [0.2, 0.25) is 0 Å². The van der Waals surface area contributed by atoms with Gasteiger partial charge in [0.2, 0.25) is 0 Å². The molecule has 6 nitrogen and oxygen atoms in total. The van der Waals surface area contributed by atoms with Crippen LogP contribution in [0.3, 0.4) is 0 Å². The molecule has 1 heterocycles. The number of rotatable bonds is 5. The fraction of sp³-hybridized carbons (Fsp3) is 0.875. The van der Waals surface area contributed by atoms with Crippen LogP contribution in [0, 0.1) is 0 Å². The highest BCUT2D eigenvalue weighted by Gasteiger charge is 2.54. The Balaban J connectivity index is 2.30.